The van der Waals surface area contributed by atoms with Crippen LogP contribution >= 0.6 is 0 Å². The van der Waals surface area contributed by atoms with Gasteiger partial charge in [0.1, 0.15) is 0 Å². The molecule has 4 rings (SSSR count). The molecule has 1 aromatic carbocycles. The fourth-order valence-corrected chi connectivity index (χ4v) is 4.39. The van der Waals surface area contributed by atoms with E-state index in [2.05, 4.69) is 63.0 Å². The number of hydrogen-bond donors (Lipinski definition) is 0. The van der Waals surface area contributed by atoms with Crippen molar-refractivity contribution in [2.75, 3.05) is 0 Å². The highest BCUT2D eigenvalue weighted by molar-refractivity contribution is 5.62. The van der Waals surface area contributed by atoms with E-state index in [0.717, 1.165) is 35.5 Å². The Hall–Kier alpha value is -2.46. The summed E-state index contributed by atoms with van der Waals surface area (Å²) in [5, 5.41) is 5.03. The zero-order valence-corrected chi connectivity index (χ0v) is 16.5. The van der Waals surface area contributed by atoms with Crippen LogP contribution in [0.3, 0.4) is 0 Å². The molecule has 1 aliphatic heterocycles. The molecule has 0 saturated carbocycles. The number of benzene rings is 1. The number of rotatable bonds is 3. The fourth-order valence-electron chi connectivity index (χ4n) is 4.39. The minimum Gasteiger partial charge on any atom is -0.370 e. The van der Waals surface area contributed by atoms with Gasteiger partial charge in [-0.25, -0.2) is 4.68 Å². The number of nitrogens with zero attached hydrogens (tertiary/aromatic N) is 3. The van der Waals surface area contributed by atoms with Gasteiger partial charge in [-0.05, 0) is 58.7 Å². The van der Waals surface area contributed by atoms with Crippen molar-refractivity contribution >= 4 is 0 Å². The molecule has 1 saturated heterocycles. The number of ether oxygens (including phenoxy) is 1. The number of pyridine rings is 1. The minimum atomic E-state index is -0.155. The molecular weight excluding hydrogens is 334 g/mol. The van der Waals surface area contributed by atoms with Crippen LogP contribution in [0.25, 0.3) is 16.9 Å². The van der Waals surface area contributed by atoms with E-state index in [1.807, 2.05) is 29.1 Å². The first kappa shape index (κ1) is 17.9. The Morgan fingerprint density at radius 1 is 0.963 bits per heavy atom. The molecule has 3 heterocycles. The van der Waals surface area contributed by atoms with Crippen molar-refractivity contribution in [2.45, 2.75) is 57.7 Å². The van der Waals surface area contributed by atoms with Crippen molar-refractivity contribution in [1.82, 2.24) is 14.8 Å². The maximum atomic E-state index is 6.27. The van der Waals surface area contributed by atoms with Crippen LogP contribution in [0.2, 0.25) is 0 Å². The molecule has 3 aromatic rings. The molecule has 0 bridgehead atoms. The van der Waals surface area contributed by atoms with Crippen molar-refractivity contribution in [1.29, 1.82) is 0 Å². The molecule has 0 amide bonds. The maximum absolute atomic E-state index is 6.27. The third-order valence-corrected chi connectivity index (χ3v) is 5.14. The average Bonchev–Trinajstić information content (AvgIpc) is 3.06. The Morgan fingerprint density at radius 2 is 1.67 bits per heavy atom. The smallest absolute Gasteiger partial charge is 0.0836 e. The second-order valence-corrected chi connectivity index (χ2v) is 8.67. The third-order valence-electron chi connectivity index (χ3n) is 5.14. The fraction of sp³-hybridized carbons (Fsp3) is 0.391. The van der Waals surface area contributed by atoms with E-state index >= 15 is 0 Å². The van der Waals surface area contributed by atoms with E-state index in [-0.39, 0.29) is 11.2 Å². The van der Waals surface area contributed by atoms with Crippen molar-refractivity contribution < 1.29 is 4.74 Å². The van der Waals surface area contributed by atoms with Crippen molar-refractivity contribution in [3.63, 3.8) is 0 Å². The standard InChI is InChI=1S/C23H27N3O/c1-22(2)14-18(15-23(3,4)27-22)20-13-21(17-9-6-5-7-10-17)26(25-20)19-11-8-12-24-16-19/h5-13,16,18H,14-15H2,1-4H3. The summed E-state index contributed by atoms with van der Waals surface area (Å²) in [4.78, 5) is 4.28. The highest BCUT2D eigenvalue weighted by Gasteiger charge is 2.40. The molecule has 4 heteroatoms. The lowest BCUT2D eigenvalue weighted by Gasteiger charge is -2.45. The van der Waals surface area contributed by atoms with Gasteiger partial charge in [-0.15, -0.1) is 0 Å². The Kier molecular flexibility index (Phi) is 4.39. The van der Waals surface area contributed by atoms with E-state index in [1.165, 1.54) is 0 Å². The van der Waals surface area contributed by atoms with E-state index in [1.54, 1.807) is 6.20 Å². The molecule has 0 atom stereocenters. The summed E-state index contributed by atoms with van der Waals surface area (Å²) >= 11 is 0. The lowest BCUT2D eigenvalue weighted by atomic mass is 9.79. The van der Waals surface area contributed by atoms with Crippen molar-refractivity contribution in [3.05, 3.63) is 66.6 Å². The lowest BCUT2D eigenvalue weighted by molar-refractivity contribution is -0.162. The van der Waals surface area contributed by atoms with Gasteiger partial charge in [-0.1, -0.05) is 30.3 Å². The van der Waals surface area contributed by atoms with Crippen LogP contribution in [0, 0.1) is 0 Å². The van der Waals surface area contributed by atoms with Crippen LogP contribution in [0.1, 0.15) is 52.1 Å². The highest BCUT2D eigenvalue weighted by Crippen LogP contribution is 2.43. The molecule has 2 aromatic heterocycles. The zero-order chi connectivity index (χ0) is 19.1. The molecule has 27 heavy (non-hydrogen) atoms. The molecule has 0 spiro atoms. The van der Waals surface area contributed by atoms with Gasteiger partial charge in [0.25, 0.3) is 0 Å². The molecule has 0 unspecified atom stereocenters. The largest absolute Gasteiger partial charge is 0.370 e. The van der Waals surface area contributed by atoms with Crippen molar-refractivity contribution in [3.8, 4) is 16.9 Å². The van der Waals surface area contributed by atoms with E-state index in [9.17, 15) is 0 Å². The summed E-state index contributed by atoms with van der Waals surface area (Å²) in [6, 6.07) is 16.7. The van der Waals surface area contributed by atoms with E-state index in [4.69, 9.17) is 9.84 Å². The first-order valence-corrected chi connectivity index (χ1v) is 9.59. The SMILES string of the molecule is CC1(C)CC(c2cc(-c3ccccc3)n(-c3cccnc3)n2)CC(C)(C)O1. The van der Waals surface area contributed by atoms with Crippen LogP contribution in [0.15, 0.2) is 60.9 Å². The molecule has 1 aliphatic rings. The van der Waals surface area contributed by atoms with E-state index in [0.29, 0.717) is 5.92 Å². The van der Waals surface area contributed by atoms with Gasteiger partial charge < -0.3 is 4.74 Å². The molecular formula is C23H27N3O. The third kappa shape index (κ3) is 3.81. The van der Waals surface area contributed by atoms with Crippen LogP contribution in [0.4, 0.5) is 0 Å². The molecule has 140 valence electrons. The first-order valence-electron chi connectivity index (χ1n) is 9.59. The van der Waals surface area contributed by atoms with Crippen LogP contribution in [-0.2, 0) is 4.74 Å². The highest BCUT2D eigenvalue weighted by atomic mass is 16.5. The Labute approximate surface area is 161 Å². The Bertz CT molecular complexity index is 840. The summed E-state index contributed by atoms with van der Waals surface area (Å²) in [6.45, 7) is 8.71. The van der Waals surface area contributed by atoms with Crippen molar-refractivity contribution in [2.24, 2.45) is 0 Å². The summed E-state index contributed by atoms with van der Waals surface area (Å²) < 4.78 is 8.30. The predicted molar refractivity (Wildman–Crippen MR) is 108 cm³/mol. The molecule has 0 radical (unpaired) electrons. The first-order chi connectivity index (χ1) is 12.8. The van der Waals surface area contributed by atoms with Gasteiger partial charge in [0, 0.05) is 17.7 Å². The summed E-state index contributed by atoms with van der Waals surface area (Å²) in [5.41, 5.74) is 4.05. The van der Waals surface area contributed by atoms with Gasteiger partial charge in [-0.3, -0.25) is 4.98 Å². The van der Waals surface area contributed by atoms with Crippen LogP contribution < -0.4 is 0 Å². The summed E-state index contributed by atoms with van der Waals surface area (Å²) in [5.74, 6) is 0.365. The monoisotopic (exact) mass is 361 g/mol. The number of hydrogen-bond acceptors (Lipinski definition) is 3. The average molecular weight is 361 g/mol. The minimum absolute atomic E-state index is 0.155. The van der Waals surface area contributed by atoms with E-state index < -0.39 is 0 Å². The summed E-state index contributed by atoms with van der Waals surface area (Å²) in [6.07, 6.45) is 5.59. The molecule has 0 N–H and O–H groups in total. The Balaban J connectivity index is 1.80. The van der Waals surface area contributed by atoms with Crippen LogP contribution in [-0.4, -0.2) is 26.0 Å². The second kappa shape index (κ2) is 6.61. The molecule has 4 nitrogen and oxygen atoms in total. The lowest BCUT2D eigenvalue weighted by Crippen LogP contribution is -2.44. The van der Waals surface area contributed by atoms with Crippen LogP contribution in [0.5, 0.6) is 0 Å². The quantitative estimate of drug-likeness (QED) is 0.628. The second-order valence-electron chi connectivity index (χ2n) is 8.67. The maximum Gasteiger partial charge on any atom is 0.0836 e. The summed E-state index contributed by atoms with van der Waals surface area (Å²) in [7, 11) is 0. The van der Waals surface area contributed by atoms with Gasteiger partial charge in [0.2, 0.25) is 0 Å². The van der Waals surface area contributed by atoms with Gasteiger partial charge in [0.15, 0.2) is 0 Å². The molecule has 0 aliphatic carbocycles. The Morgan fingerprint density at radius 3 is 2.30 bits per heavy atom. The van der Waals surface area contributed by atoms with Gasteiger partial charge in [-0.2, -0.15) is 5.10 Å². The normalized spacial score (nSPS) is 19.1. The topological polar surface area (TPSA) is 39.9 Å². The predicted octanol–water partition coefficient (Wildman–Crippen LogP) is 5.39. The van der Waals surface area contributed by atoms with Gasteiger partial charge >= 0.3 is 0 Å². The molecule has 1 fully saturated rings. The van der Waals surface area contributed by atoms with Gasteiger partial charge in [0.05, 0.1) is 34.5 Å². The zero-order valence-electron chi connectivity index (χ0n) is 16.5. The number of aromatic nitrogens is 3.